The monoisotopic (exact) mass is 371 g/mol. The fourth-order valence-corrected chi connectivity index (χ4v) is 2.09. The van der Waals surface area contributed by atoms with Gasteiger partial charge >= 0.3 is 6.18 Å². The highest BCUT2D eigenvalue weighted by atomic mass is 19.4. The van der Waals surface area contributed by atoms with Gasteiger partial charge < -0.3 is 20.3 Å². The highest BCUT2D eigenvalue weighted by molar-refractivity contribution is 5.37. The molecule has 0 amide bonds. The molecule has 3 N–H and O–H groups in total. The lowest BCUT2D eigenvalue weighted by Crippen LogP contribution is -2.28. The predicted octanol–water partition coefficient (Wildman–Crippen LogP) is 4.01. The lowest BCUT2D eigenvalue weighted by molar-refractivity contribution is -0.138. The van der Waals surface area contributed by atoms with Crippen molar-refractivity contribution in [3.05, 3.63) is 59.7 Å². The van der Waals surface area contributed by atoms with Crippen LogP contribution in [0.1, 0.15) is 25.0 Å². The average molecular weight is 371 g/mol. The van der Waals surface area contributed by atoms with Crippen molar-refractivity contribution in [1.82, 2.24) is 0 Å². The maximum atomic E-state index is 13.0. The molecular weight excluding hydrogens is 347 g/mol. The van der Waals surface area contributed by atoms with Gasteiger partial charge in [-0.15, -0.1) is 0 Å². The Morgan fingerprint density at radius 3 is 2.23 bits per heavy atom. The molecule has 26 heavy (non-hydrogen) atoms. The first-order chi connectivity index (χ1) is 12.4. The average Bonchev–Trinajstić information content (AvgIpc) is 2.66. The molecule has 2 aromatic carbocycles. The van der Waals surface area contributed by atoms with Crippen molar-refractivity contribution in [2.24, 2.45) is 5.73 Å². The van der Waals surface area contributed by atoms with Crippen molar-refractivity contribution in [2.45, 2.75) is 32.7 Å². The number of aliphatic hydroxyl groups excluding tert-OH is 1. The summed E-state index contributed by atoms with van der Waals surface area (Å²) in [6, 6.07) is 12.4. The van der Waals surface area contributed by atoms with Gasteiger partial charge in [0.05, 0.1) is 12.2 Å². The molecule has 2 rings (SSSR count). The van der Waals surface area contributed by atoms with E-state index < -0.39 is 24.5 Å². The van der Waals surface area contributed by atoms with Gasteiger partial charge in [0.15, 0.2) is 6.10 Å². The topological polar surface area (TPSA) is 64.7 Å². The molecule has 0 saturated carbocycles. The van der Waals surface area contributed by atoms with Crippen molar-refractivity contribution in [3.8, 4) is 11.5 Å². The zero-order valence-corrected chi connectivity index (χ0v) is 14.8. The Balaban J connectivity index is 0.00000163. The van der Waals surface area contributed by atoms with Crippen molar-refractivity contribution in [2.75, 3.05) is 13.2 Å². The van der Waals surface area contributed by atoms with Crippen LogP contribution in [0.2, 0.25) is 0 Å². The van der Waals surface area contributed by atoms with Gasteiger partial charge in [0.1, 0.15) is 18.1 Å². The van der Waals surface area contributed by atoms with Gasteiger partial charge in [-0.2, -0.15) is 13.2 Å². The molecule has 4 nitrogen and oxygen atoms in total. The first kappa shape index (κ1) is 21.8. The molecule has 0 fully saturated rings. The molecule has 0 aliphatic carbocycles. The summed E-state index contributed by atoms with van der Waals surface area (Å²) in [5.41, 5.74) is 4.47. The highest BCUT2D eigenvalue weighted by Crippen LogP contribution is 2.34. The number of aliphatic hydroxyl groups is 1. The second kappa shape index (κ2) is 10.7. The van der Waals surface area contributed by atoms with Crippen molar-refractivity contribution < 1.29 is 27.8 Å². The maximum absolute atomic E-state index is 13.0. The Bertz CT molecular complexity index is 648. The lowest BCUT2D eigenvalue weighted by atomic mass is 10.1. The van der Waals surface area contributed by atoms with Gasteiger partial charge in [-0.05, 0) is 29.8 Å². The minimum Gasteiger partial charge on any atom is -0.490 e. The Kier molecular flexibility index (Phi) is 8.95. The van der Waals surface area contributed by atoms with Gasteiger partial charge in [0.25, 0.3) is 0 Å². The zero-order chi connectivity index (χ0) is 19.6. The lowest BCUT2D eigenvalue weighted by Gasteiger charge is -2.19. The predicted molar refractivity (Wildman–Crippen MR) is 94.1 cm³/mol. The molecule has 0 aromatic heterocycles. The van der Waals surface area contributed by atoms with Gasteiger partial charge in [-0.25, -0.2) is 0 Å². The summed E-state index contributed by atoms with van der Waals surface area (Å²) in [4.78, 5) is 0. The molecule has 144 valence electrons. The summed E-state index contributed by atoms with van der Waals surface area (Å²) in [6.07, 6.45) is -5.32. The van der Waals surface area contributed by atoms with Gasteiger partial charge in [-0.3, -0.25) is 0 Å². The number of para-hydroxylation sites is 1. The molecule has 0 saturated heterocycles. The number of ether oxygens (including phenoxy) is 2. The van der Waals surface area contributed by atoms with Crippen LogP contribution in [-0.2, 0) is 12.7 Å². The van der Waals surface area contributed by atoms with E-state index in [2.05, 4.69) is 0 Å². The number of halogens is 3. The van der Waals surface area contributed by atoms with Gasteiger partial charge in [0, 0.05) is 6.54 Å². The summed E-state index contributed by atoms with van der Waals surface area (Å²) in [7, 11) is 0. The van der Waals surface area contributed by atoms with Crippen LogP contribution < -0.4 is 15.2 Å². The van der Waals surface area contributed by atoms with E-state index in [1.54, 1.807) is 24.3 Å². The highest BCUT2D eigenvalue weighted by Gasteiger charge is 2.33. The third kappa shape index (κ3) is 6.57. The smallest absolute Gasteiger partial charge is 0.416 e. The van der Waals surface area contributed by atoms with E-state index in [0.29, 0.717) is 5.75 Å². The maximum Gasteiger partial charge on any atom is 0.416 e. The molecule has 1 atom stereocenters. The first-order valence-corrected chi connectivity index (χ1v) is 8.29. The first-order valence-electron chi connectivity index (χ1n) is 8.29. The van der Waals surface area contributed by atoms with Gasteiger partial charge in [-0.1, -0.05) is 38.1 Å². The van der Waals surface area contributed by atoms with Gasteiger partial charge in [0.2, 0.25) is 0 Å². The number of alkyl halides is 3. The van der Waals surface area contributed by atoms with Crippen LogP contribution in [0.25, 0.3) is 0 Å². The number of nitrogens with two attached hydrogens (primary N) is 1. The molecule has 1 unspecified atom stereocenters. The van der Waals surface area contributed by atoms with E-state index in [0.717, 1.165) is 6.07 Å². The van der Waals surface area contributed by atoms with Crippen LogP contribution in [0, 0.1) is 0 Å². The fourth-order valence-electron chi connectivity index (χ4n) is 2.09. The van der Waals surface area contributed by atoms with E-state index in [1.807, 2.05) is 19.9 Å². The summed E-state index contributed by atoms with van der Waals surface area (Å²) >= 11 is 0. The third-order valence-electron chi connectivity index (χ3n) is 3.29. The second-order valence-electron chi connectivity index (χ2n) is 5.07. The van der Waals surface area contributed by atoms with E-state index >= 15 is 0 Å². The van der Waals surface area contributed by atoms with E-state index in [9.17, 15) is 18.3 Å². The minimum atomic E-state index is -4.52. The molecule has 0 bridgehead atoms. The Morgan fingerprint density at radius 2 is 1.69 bits per heavy atom. The Morgan fingerprint density at radius 1 is 1.04 bits per heavy atom. The van der Waals surface area contributed by atoms with E-state index in [1.165, 1.54) is 12.1 Å². The minimum absolute atomic E-state index is 0.000501. The zero-order valence-electron chi connectivity index (χ0n) is 14.8. The largest absolute Gasteiger partial charge is 0.490 e. The molecule has 0 radical (unpaired) electrons. The second-order valence-corrected chi connectivity index (χ2v) is 5.07. The summed E-state index contributed by atoms with van der Waals surface area (Å²) in [6.45, 7) is 3.38. The van der Waals surface area contributed by atoms with Crippen LogP contribution in [0.5, 0.6) is 11.5 Å². The number of hydrogen-bond acceptors (Lipinski definition) is 4. The fraction of sp³-hybridized carbons (Fsp3) is 0.368. The quantitative estimate of drug-likeness (QED) is 0.772. The van der Waals surface area contributed by atoms with Crippen LogP contribution in [0.3, 0.4) is 0 Å². The van der Waals surface area contributed by atoms with Crippen molar-refractivity contribution in [1.29, 1.82) is 0 Å². The summed E-state index contributed by atoms with van der Waals surface area (Å²) in [5, 5.41) is 9.35. The number of benzene rings is 2. The molecule has 2 aromatic rings. The Labute approximate surface area is 151 Å². The molecule has 0 heterocycles. The van der Waals surface area contributed by atoms with Crippen LogP contribution >= 0.6 is 0 Å². The molecule has 0 aliphatic heterocycles. The molecular formula is C19H24F3NO3. The summed E-state index contributed by atoms with van der Waals surface area (Å²) < 4.78 is 49.9. The molecule has 0 aliphatic rings. The normalized spacial score (nSPS) is 12.0. The van der Waals surface area contributed by atoms with Crippen LogP contribution in [-0.4, -0.2) is 24.4 Å². The number of hydrogen-bond donors (Lipinski definition) is 2. The van der Waals surface area contributed by atoms with Crippen molar-refractivity contribution in [3.63, 3.8) is 0 Å². The molecule has 0 spiro atoms. The number of rotatable bonds is 7. The standard InChI is InChI=1S/C17H18F3NO3.C2H6/c18-17(19,20)16-8-14(7-6-12(16)9-21)24-15(10-22)11-23-13-4-2-1-3-5-13;1-2/h1-8,15,22H,9-11,21H2;1-2H3. The van der Waals surface area contributed by atoms with Crippen molar-refractivity contribution >= 4 is 0 Å². The SMILES string of the molecule is CC.NCc1ccc(OC(CO)COc2ccccc2)cc1C(F)(F)F. The van der Waals surface area contributed by atoms with Crippen LogP contribution in [0.15, 0.2) is 48.5 Å². The Hall–Kier alpha value is -2.25. The van der Waals surface area contributed by atoms with Crippen LogP contribution in [0.4, 0.5) is 13.2 Å². The third-order valence-corrected chi connectivity index (χ3v) is 3.29. The van der Waals surface area contributed by atoms with E-state index in [4.69, 9.17) is 15.2 Å². The van der Waals surface area contributed by atoms with E-state index in [-0.39, 0.29) is 24.5 Å². The summed E-state index contributed by atoms with van der Waals surface area (Å²) in [5.74, 6) is 0.573. The molecule has 7 heteroatoms.